The third-order valence-corrected chi connectivity index (χ3v) is 6.46. The molecule has 0 saturated heterocycles. The third kappa shape index (κ3) is 9.60. The van der Waals surface area contributed by atoms with Gasteiger partial charge in [-0.3, -0.25) is 11.1 Å². The van der Waals surface area contributed by atoms with Crippen molar-refractivity contribution in [2.45, 2.75) is 0 Å². The van der Waals surface area contributed by atoms with Crippen molar-refractivity contribution in [3.8, 4) is 51.4 Å². The molecule has 7 rings (SSSR count). The second kappa shape index (κ2) is 17.2. The van der Waals surface area contributed by atoms with Crippen LogP contribution in [0.1, 0.15) is 0 Å². The van der Waals surface area contributed by atoms with E-state index in [4.69, 9.17) is 15.9 Å². The summed E-state index contributed by atoms with van der Waals surface area (Å²) in [5, 5.41) is 0. The molecule has 0 atom stereocenters. The van der Waals surface area contributed by atoms with Gasteiger partial charge in [-0.15, -0.1) is 65.8 Å². The van der Waals surface area contributed by atoms with Crippen molar-refractivity contribution in [1.29, 1.82) is 0 Å². The van der Waals surface area contributed by atoms with Gasteiger partial charge in [-0.2, -0.15) is 43.1 Å². The minimum absolute atomic E-state index is 0. The standard InChI is InChI=1S/C33H21N3O2.C6H4N.2Pt/c1-35-18-19-36(24-35)28-10-7-15-32(23-28)38-31-14-6-9-27(21-31)33-22-26(16-17-34-33)25-8-5-13-30(20-25)37-29-11-3-2-4-12-29;1-2-7-5-3-4-6-7;;/h2-11,13-15,17-19,22,24H,1H3;3-6H;;/q-6;-1;;+4. The van der Waals surface area contributed by atoms with Crippen molar-refractivity contribution in [3.63, 3.8) is 0 Å². The van der Waals surface area contributed by atoms with Crippen LogP contribution < -0.4 is 14.4 Å². The van der Waals surface area contributed by atoms with Gasteiger partial charge in [0, 0.05) is 56.5 Å². The van der Waals surface area contributed by atoms with Crippen molar-refractivity contribution in [2.24, 2.45) is 0 Å². The zero-order valence-corrected chi connectivity index (χ0v) is 29.5. The summed E-state index contributed by atoms with van der Waals surface area (Å²) in [7, 11) is 1.98. The summed E-state index contributed by atoms with van der Waals surface area (Å²) >= 11 is 0. The fourth-order valence-corrected chi connectivity index (χ4v) is 4.34. The maximum absolute atomic E-state index is 6.57. The minimum atomic E-state index is 0. The van der Waals surface area contributed by atoms with Gasteiger partial charge in [-0.1, -0.05) is 18.0 Å². The topological polar surface area (TPSA) is 42.8 Å². The molecule has 6 nitrogen and oxygen atoms in total. The number of hydrogen-bond acceptors (Lipinski definition) is 5. The molecule has 6 aromatic rings. The van der Waals surface area contributed by atoms with E-state index in [1.807, 2.05) is 133 Å². The maximum Gasteiger partial charge on any atom is 4.00 e. The predicted octanol–water partition coefficient (Wildman–Crippen LogP) is 8.22. The summed E-state index contributed by atoms with van der Waals surface area (Å²) in [4.78, 5) is 8.48. The number of para-hydroxylation sites is 1. The second-order valence-electron chi connectivity index (χ2n) is 9.72. The van der Waals surface area contributed by atoms with Crippen LogP contribution >= 0.6 is 0 Å². The summed E-state index contributed by atoms with van der Waals surface area (Å²) in [6, 6.07) is 48.8. The first-order chi connectivity index (χ1) is 22.1. The van der Waals surface area contributed by atoms with Crippen molar-refractivity contribution in [1.82, 2.24) is 14.5 Å². The molecule has 0 unspecified atom stereocenters. The normalized spacial score (nSPS) is 11.3. The van der Waals surface area contributed by atoms with Crippen molar-refractivity contribution in [3.05, 3.63) is 171 Å². The molecule has 0 amide bonds. The molecule has 0 fully saturated rings. The number of nitrogens with zero attached hydrogens (tertiary/aromatic N) is 4. The Kier molecular flexibility index (Phi) is 12.8. The Hall–Kier alpha value is -4.81. The largest absolute Gasteiger partial charge is 4.00 e. The van der Waals surface area contributed by atoms with E-state index in [0.717, 1.165) is 28.1 Å². The average molecular weight is 972 g/mol. The van der Waals surface area contributed by atoms with E-state index < -0.39 is 0 Å². The van der Waals surface area contributed by atoms with Crippen molar-refractivity contribution < 1.29 is 51.6 Å². The molecule has 1 aliphatic rings. The van der Waals surface area contributed by atoms with E-state index in [1.165, 1.54) is 0 Å². The Labute approximate surface area is 304 Å². The van der Waals surface area contributed by atoms with Crippen LogP contribution in [0, 0.1) is 49.5 Å². The minimum Gasteiger partial charge on any atom is -0.669 e. The summed E-state index contributed by atoms with van der Waals surface area (Å²) in [6.45, 7) is 1.97. The molecule has 1 aliphatic heterocycles. The monoisotopic (exact) mass is 971 g/mol. The van der Waals surface area contributed by atoms with Crippen LogP contribution in [0.25, 0.3) is 22.4 Å². The molecule has 0 aliphatic carbocycles. The summed E-state index contributed by atoms with van der Waals surface area (Å²) < 4.78 is 13.5. The zero-order chi connectivity index (χ0) is 30.8. The SMILES string of the molecule is CN1C=CN(c2[c-]c(Oc3[c-]c(-c4cc(-c5[c-]c(Oc6[c-]cccc6)ccc5)[c-]cn4)ccc3)ccc2)[CH-]1.[C-]#Cn1cccc1.[Pt+4].[Pt]. The quantitative estimate of drug-likeness (QED) is 0.119. The zero-order valence-electron chi connectivity index (χ0n) is 24.9. The van der Waals surface area contributed by atoms with Crippen LogP contribution in [0.3, 0.4) is 0 Å². The van der Waals surface area contributed by atoms with Gasteiger partial charge >= 0.3 is 21.1 Å². The molecule has 2 aromatic heterocycles. The molecule has 0 bridgehead atoms. The summed E-state index contributed by atoms with van der Waals surface area (Å²) in [6.07, 6.45) is 15.7. The van der Waals surface area contributed by atoms with Crippen LogP contribution in [-0.4, -0.2) is 21.5 Å². The van der Waals surface area contributed by atoms with E-state index in [2.05, 4.69) is 41.4 Å². The van der Waals surface area contributed by atoms with Crippen molar-refractivity contribution >= 4 is 5.69 Å². The van der Waals surface area contributed by atoms with Gasteiger partial charge in [0.2, 0.25) is 0 Å². The van der Waals surface area contributed by atoms with Crippen LogP contribution in [0.15, 0.2) is 128 Å². The van der Waals surface area contributed by atoms with E-state index in [1.54, 1.807) is 23.2 Å². The maximum atomic E-state index is 6.57. The molecule has 47 heavy (non-hydrogen) atoms. The number of aromatic nitrogens is 2. The average Bonchev–Trinajstić information content (AvgIpc) is 3.78. The molecule has 8 heteroatoms. The molecule has 0 saturated carbocycles. The van der Waals surface area contributed by atoms with E-state index in [0.29, 0.717) is 23.0 Å². The fourth-order valence-electron chi connectivity index (χ4n) is 4.34. The van der Waals surface area contributed by atoms with E-state index >= 15 is 0 Å². The molecule has 0 N–H and O–H groups in total. The molecular weight excluding hydrogens is 947 g/mol. The van der Waals surface area contributed by atoms with Gasteiger partial charge in [0.15, 0.2) is 0 Å². The van der Waals surface area contributed by atoms with E-state index in [-0.39, 0.29) is 42.1 Å². The molecular formula is C39H25N4O2Pt2-3. The molecule has 236 valence electrons. The first-order valence-corrected chi connectivity index (χ1v) is 14.0. The van der Waals surface area contributed by atoms with Gasteiger partial charge in [-0.25, -0.2) is 24.2 Å². The Morgan fingerprint density at radius 3 is 2.04 bits per heavy atom. The Bertz CT molecular complexity index is 1940. The van der Waals surface area contributed by atoms with Crippen LogP contribution in [0.5, 0.6) is 23.0 Å². The molecule has 0 radical (unpaired) electrons. The van der Waals surface area contributed by atoms with E-state index in [9.17, 15) is 0 Å². The predicted molar refractivity (Wildman–Crippen MR) is 173 cm³/mol. The molecule has 4 aromatic carbocycles. The Morgan fingerprint density at radius 2 is 1.38 bits per heavy atom. The fraction of sp³-hybridized carbons (Fsp3) is 0.0256. The smallest absolute Gasteiger partial charge is 0.669 e. The number of hydrogen-bond donors (Lipinski definition) is 0. The summed E-state index contributed by atoms with van der Waals surface area (Å²) in [5.41, 5.74) is 4.13. The van der Waals surface area contributed by atoms with Gasteiger partial charge in [0.1, 0.15) is 0 Å². The number of rotatable bonds is 7. The van der Waals surface area contributed by atoms with Gasteiger partial charge in [0.05, 0.1) is 0 Å². The Morgan fingerprint density at radius 1 is 0.723 bits per heavy atom. The van der Waals surface area contributed by atoms with Crippen LogP contribution in [-0.2, 0) is 42.1 Å². The van der Waals surface area contributed by atoms with Gasteiger partial charge < -0.3 is 35.2 Å². The first kappa shape index (κ1) is 35.0. The number of benzene rings is 4. The molecule has 0 spiro atoms. The number of anilines is 1. The first-order valence-electron chi connectivity index (χ1n) is 14.0. The number of ether oxygens (including phenoxy) is 2. The second-order valence-corrected chi connectivity index (χ2v) is 9.72. The van der Waals surface area contributed by atoms with Crippen LogP contribution in [0.4, 0.5) is 5.69 Å². The van der Waals surface area contributed by atoms with Crippen LogP contribution in [0.2, 0.25) is 0 Å². The van der Waals surface area contributed by atoms with Gasteiger partial charge in [-0.05, 0) is 31.6 Å². The van der Waals surface area contributed by atoms with Gasteiger partial charge in [0.25, 0.3) is 0 Å². The Balaban J connectivity index is 0.000000495. The molecule has 3 heterocycles. The number of pyridine rings is 1. The third-order valence-electron chi connectivity index (χ3n) is 6.46. The van der Waals surface area contributed by atoms with Crippen molar-refractivity contribution in [2.75, 3.05) is 11.9 Å². The summed E-state index contributed by atoms with van der Waals surface area (Å²) in [5.74, 6) is 2.42.